The number of piperidine rings is 1. The Kier molecular flexibility index (Phi) is 6.99. The minimum Gasteiger partial charge on any atom is -0.356 e. The van der Waals surface area contributed by atoms with Crippen molar-refractivity contribution in [3.63, 3.8) is 0 Å². The van der Waals surface area contributed by atoms with Gasteiger partial charge in [0.1, 0.15) is 0 Å². The summed E-state index contributed by atoms with van der Waals surface area (Å²) in [5.41, 5.74) is 0. The van der Waals surface area contributed by atoms with Crippen LogP contribution in [0.1, 0.15) is 44.9 Å². The zero-order valence-corrected chi connectivity index (χ0v) is 14.0. The molecule has 0 bridgehead atoms. The highest BCUT2D eigenvalue weighted by molar-refractivity contribution is 5.79. The molecule has 1 heterocycles. The average Bonchev–Trinajstić information content (AvgIpc) is 2.99. The third-order valence-electron chi connectivity index (χ3n) is 4.87. The number of nitrogens with one attached hydrogen (secondary N) is 2. The molecule has 0 spiro atoms. The van der Waals surface area contributed by atoms with Crippen molar-refractivity contribution in [1.29, 1.82) is 0 Å². The highest BCUT2D eigenvalue weighted by Crippen LogP contribution is 2.24. The lowest BCUT2D eigenvalue weighted by Crippen LogP contribution is -2.43. The lowest BCUT2D eigenvalue weighted by Gasteiger charge is -2.32. The minimum absolute atomic E-state index is 0.511. The summed E-state index contributed by atoms with van der Waals surface area (Å²) in [6, 6.07) is 0.534. The Labute approximate surface area is 136 Å². The molecule has 4 nitrogen and oxygen atoms in total. The fourth-order valence-corrected chi connectivity index (χ4v) is 3.54. The summed E-state index contributed by atoms with van der Waals surface area (Å²) in [7, 11) is 1.78. The molecular formula is C16H29F3N4. The predicted molar refractivity (Wildman–Crippen MR) is 86.6 cm³/mol. The largest absolute Gasteiger partial charge is 0.401 e. The monoisotopic (exact) mass is 334 g/mol. The number of halogens is 3. The van der Waals surface area contributed by atoms with E-state index in [0.29, 0.717) is 25.0 Å². The van der Waals surface area contributed by atoms with Crippen molar-refractivity contribution >= 4 is 5.96 Å². The number of aliphatic imine (C=N–C) groups is 1. The summed E-state index contributed by atoms with van der Waals surface area (Å²) >= 11 is 0. The van der Waals surface area contributed by atoms with E-state index in [1.807, 2.05) is 0 Å². The van der Waals surface area contributed by atoms with E-state index in [1.165, 1.54) is 30.6 Å². The Hall–Kier alpha value is -0.980. The minimum atomic E-state index is -4.08. The molecular weight excluding hydrogens is 305 g/mol. The van der Waals surface area contributed by atoms with Gasteiger partial charge in [-0.3, -0.25) is 9.89 Å². The van der Waals surface area contributed by atoms with Gasteiger partial charge in [-0.05, 0) is 51.1 Å². The van der Waals surface area contributed by atoms with Gasteiger partial charge in [-0.15, -0.1) is 0 Å². The van der Waals surface area contributed by atoms with Gasteiger partial charge in [0.05, 0.1) is 6.54 Å². The molecule has 2 rings (SSSR count). The van der Waals surface area contributed by atoms with E-state index in [4.69, 9.17) is 0 Å². The fourth-order valence-electron chi connectivity index (χ4n) is 3.54. The first-order valence-corrected chi connectivity index (χ1v) is 8.72. The van der Waals surface area contributed by atoms with Gasteiger partial charge in [0, 0.05) is 19.6 Å². The van der Waals surface area contributed by atoms with Crippen LogP contribution in [0.25, 0.3) is 0 Å². The normalized spacial score (nSPS) is 22.5. The van der Waals surface area contributed by atoms with Gasteiger partial charge in [-0.25, -0.2) is 0 Å². The van der Waals surface area contributed by atoms with E-state index in [1.54, 1.807) is 7.05 Å². The van der Waals surface area contributed by atoms with E-state index < -0.39 is 12.7 Å². The average molecular weight is 334 g/mol. The van der Waals surface area contributed by atoms with Crippen LogP contribution in [0.15, 0.2) is 4.99 Å². The molecule has 134 valence electrons. The molecule has 1 aliphatic carbocycles. The molecule has 0 aromatic carbocycles. The number of alkyl halides is 3. The maximum Gasteiger partial charge on any atom is 0.401 e. The Balaban J connectivity index is 1.59. The summed E-state index contributed by atoms with van der Waals surface area (Å²) in [5, 5.41) is 6.78. The fraction of sp³-hybridized carbons (Fsp3) is 0.938. The second-order valence-electron chi connectivity index (χ2n) is 6.75. The molecule has 0 aromatic heterocycles. The first-order valence-electron chi connectivity index (χ1n) is 8.72. The topological polar surface area (TPSA) is 39.7 Å². The number of likely N-dealkylation sites (tertiary alicyclic amines) is 1. The van der Waals surface area contributed by atoms with Gasteiger partial charge in [0.15, 0.2) is 5.96 Å². The summed E-state index contributed by atoms with van der Waals surface area (Å²) in [4.78, 5) is 5.77. The zero-order valence-electron chi connectivity index (χ0n) is 14.0. The van der Waals surface area contributed by atoms with Gasteiger partial charge in [-0.2, -0.15) is 13.2 Å². The molecule has 7 heteroatoms. The Morgan fingerprint density at radius 2 is 1.78 bits per heavy atom. The van der Waals surface area contributed by atoms with Gasteiger partial charge in [0.25, 0.3) is 0 Å². The molecule has 2 aliphatic rings. The number of rotatable bonds is 5. The van der Waals surface area contributed by atoms with Crippen LogP contribution in [0, 0.1) is 5.92 Å². The van der Waals surface area contributed by atoms with Crippen molar-refractivity contribution in [3.8, 4) is 0 Å². The SMILES string of the molecule is CN=C(NCCC1CCN(CC(F)(F)F)CC1)NC1CCCC1. The van der Waals surface area contributed by atoms with Crippen LogP contribution < -0.4 is 10.6 Å². The Morgan fingerprint density at radius 3 is 2.35 bits per heavy atom. The van der Waals surface area contributed by atoms with Crippen LogP contribution in [0.5, 0.6) is 0 Å². The summed E-state index contributed by atoms with van der Waals surface area (Å²) in [6.07, 6.45) is 3.60. The number of nitrogens with zero attached hydrogens (tertiary/aromatic N) is 2. The lowest BCUT2D eigenvalue weighted by atomic mass is 9.93. The number of hydrogen-bond acceptors (Lipinski definition) is 2. The van der Waals surface area contributed by atoms with Crippen LogP contribution in [-0.2, 0) is 0 Å². The molecule has 1 saturated carbocycles. The van der Waals surface area contributed by atoms with E-state index in [9.17, 15) is 13.2 Å². The third-order valence-corrected chi connectivity index (χ3v) is 4.87. The first-order chi connectivity index (χ1) is 11.0. The molecule has 1 aliphatic heterocycles. The van der Waals surface area contributed by atoms with Crippen molar-refractivity contribution in [2.24, 2.45) is 10.9 Å². The lowest BCUT2D eigenvalue weighted by molar-refractivity contribution is -0.148. The zero-order chi connectivity index (χ0) is 16.7. The van der Waals surface area contributed by atoms with Crippen LogP contribution in [0.2, 0.25) is 0 Å². The van der Waals surface area contributed by atoms with Crippen molar-refractivity contribution < 1.29 is 13.2 Å². The molecule has 0 atom stereocenters. The summed E-state index contributed by atoms with van der Waals surface area (Å²) in [5.74, 6) is 1.36. The van der Waals surface area contributed by atoms with E-state index in [-0.39, 0.29) is 0 Å². The quantitative estimate of drug-likeness (QED) is 0.600. The molecule has 0 unspecified atom stereocenters. The molecule has 0 aromatic rings. The number of hydrogen-bond donors (Lipinski definition) is 2. The number of guanidine groups is 1. The molecule has 0 amide bonds. The van der Waals surface area contributed by atoms with Crippen LogP contribution >= 0.6 is 0 Å². The predicted octanol–water partition coefficient (Wildman–Crippen LogP) is 2.76. The molecule has 2 N–H and O–H groups in total. The summed E-state index contributed by atoms with van der Waals surface area (Å²) in [6.45, 7) is 1.17. The van der Waals surface area contributed by atoms with Gasteiger partial charge < -0.3 is 10.6 Å². The Bertz CT molecular complexity index is 370. The maximum atomic E-state index is 12.4. The van der Waals surface area contributed by atoms with Gasteiger partial charge in [0.2, 0.25) is 0 Å². The highest BCUT2D eigenvalue weighted by atomic mass is 19.4. The van der Waals surface area contributed by atoms with Crippen molar-refractivity contribution in [2.75, 3.05) is 33.2 Å². The first kappa shape index (κ1) is 18.4. The van der Waals surface area contributed by atoms with Gasteiger partial charge in [-0.1, -0.05) is 12.8 Å². The van der Waals surface area contributed by atoms with Crippen LogP contribution in [0.4, 0.5) is 13.2 Å². The van der Waals surface area contributed by atoms with Crippen molar-refractivity contribution in [1.82, 2.24) is 15.5 Å². The molecule has 23 heavy (non-hydrogen) atoms. The second-order valence-corrected chi connectivity index (χ2v) is 6.75. The van der Waals surface area contributed by atoms with Crippen LogP contribution in [-0.4, -0.2) is 56.3 Å². The van der Waals surface area contributed by atoms with Crippen molar-refractivity contribution in [3.05, 3.63) is 0 Å². The molecule has 1 saturated heterocycles. The van der Waals surface area contributed by atoms with Crippen LogP contribution in [0.3, 0.4) is 0 Å². The molecule has 0 radical (unpaired) electrons. The highest BCUT2D eigenvalue weighted by Gasteiger charge is 2.32. The third kappa shape index (κ3) is 6.97. The van der Waals surface area contributed by atoms with E-state index in [0.717, 1.165) is 31.8 Å². The summed E-state index contributed by atoms with van der Waals surface area (Å²) < 4.78 is 37.1. The second kappa shape index (κ2) is 8.76. The smallest absolute Gasteiger partial charge is 0.356 e. The molecule has 2 fully saturated rings. The Morgan fingerprint density at radius 1 is 1.13 bits per heavy atom. The van der Waals surface area contributed by atoms with E-state index in [2.05, 4.69) is 15.6 Å². The van der Waals surface area contributed by atoms with E-state index >= 15 is 0 Å². The maximum absolute atomic E-state index is 12.4. The van der Waals surface area contributed by atoms with Crippen molar-refractivity contribution in [2.45, 2.75) is 57.2 Å². The standard InChI is InChI=1S/C16H29F3N4/c1-20-15(22-14-4-2-3-5-14)21-9-6-13-7-10-23(11-8-13)12-16(17,18)19/h13-14H,2-12H2,1H3,(H2,20,21,22). The van der Waals surface area contributed by atoms with Gasteiger partial charge >= 0.3 is 6.18 Å².